The molecule has 7 nitrogen and oxygen atoms in total. The van der Waals surface area contributed by atoms with Gasteiger partial charge in [0.1, 0.15) is 18.0 Å². The molecule has 7 heteroatoms. The number of oxazole rings is 1. The first-order chi connectivity index (χ1) is 14.6. The normalized spacial score (nSPS) is 11.3. The molecule has 0 N–H and O–H groups in total. The summed E-state index contributed by atoms with van der Waals surface area (Å²) >= 11 is 0. The SMILES string of the molecule is Cc1nc(Cn2nc(-c3c(-c4ccccc4)nn4ccccc34)ccc2=O)oc1C. The fourth-order valence-corrected chi connectivity index (χ4v) is 3.48. The van der Waals surface area contributed by atoms with Crippen molar-refractivity contribution in [3.8, 4) is 22.5 Å². The van der Waals surface area contributed by atoms with Gasteiger partial charge in [-0.25, -0.2) is 14.2 Å². The van der Waals surface area contributed by atoms with Gasteiger partial charge >= 0.3 is 0 Å². The van der Waals surface area contributed by atoms with E-state index in [0.717, 1.165) is 33.8 Å². The molecular formula is C23H19N5O2. The van der Waals surface area contributed by atoms with Gasteiger partial charge in [-0.1, -0.05) is 36.4 Å². The minimum Gasteiger partial charge on any atom is -0.444 e. The summed E-state index contributed by atoms with van der Waals surface area (Å²) in [6.45, 7) is 3.89. The van der Waals surface area contributed by atoms with Crippen LogP contribution in [-0.4, -0.2) is 24.4 Å². The van der Waals surface area contributed by atoms with E-state index in [2.05, 4.69) is 10.1 Å². The first-order valence-corrected chi connectivity index (χ1v) is 9.64. The second kappa shape index (κ2) is 7.11. The zero-order valence-electron chi connectivity index (χ0n) is 16.6. The van der Waals surface area contributed by atoms with Crippen LogP contribution in [-0.2, 0) is 6.54 Å². The number of fused-ring (bicyclic) bond motifs is 1. The Labute approximate surface area is 172 Å². The van der Waals surface area contributed by atoms with Crippen molar-refractivity contribution in [1.29, 1.82) is 0 Å². The number of aryl methyl sites for hydroxylation is 2. The third-order valence-electron chi connectivity index (χ3n) is 5.07. The maximum atomic E-state index is 12.5. The second-order valence-electron chi connectivity index (χ2n) is 7.08. The van der Waals surface area contributed by atoms with Crippen LogP contribution in [0.5, 0.6) is 0 Å². The molecule has 5 rings (SSSR count). The summed E-state index contributed by atoms with van der Waals surface area (Å²) in [5.41, 5.74) is 4.83. The Bertz CT molecular complexity index is 1390. The van der Waals surface area contributed by atoms with Gasteiger partial charge in [0.2, 0.25) is 5.89 Å². The van der Waals surface area contributed by atoms with Gasteiger partial charge in [0.15, 0.2) is 0 Å². The zero-order chi connectivity index (χ0) is 20.7. The standard InChI is InChI=1S/C23H19N5O2/c1-15-16(2)30-20(24-15)14-28-21(29)12-11-18(25-28)22-19-10-6-7-13-27(19)26-23(22)17-8-4-3-5-9-17/h3-13H,14H2,1-2H3. The van der Waals surface area contributed by atoms with Crippen LogP contribution in [0.2, 0.25) is 0 Å². The largest absolute Gasteiger partial charge is 0.444 e. The van der Waals surface area contributed by atoms with Crippen molar-refractivity contribution in [3.63, 3.8) is 0 Å². The lowest BCUT2D eigenvalue weighted by molar-refractivity contribution is 0.440. The number of nitrogens with zero attached hydrogens (tertiary/aromatic N) is 5. The fraction of sp³-hybridized carbons (Fsp3) is 0.130. The number of rotatable bonds is 4. The molecule has 0 fully saturated rings. The zero-order valence-corrected chi connectivity index (χ0v) is 16.6. The first-order valence-electron chi connectivity index (χ1n) is 9.64. The Kier molecular flexibility index (Phi) is 4.28. The van der Waals surface area contributed by atoms with Crippen LogP contribution in [0.25, 0.3) is 28.0 Å². The van der Waals surface area contributed by atoms with E-state index in [0.29, 0.717) is 11.6 Å². The number of aromatic nitrogens is 5. The summed E-state index contributed by atoms with van der Waals surface area (Å²) in [5, 5.41) is 9.40. The Morgan fingerprint density at radius 3 is 2.50 bits per heavy atom. The summed E-state index contributed by atoms with van der Waals surface area (Å²) in [5.74, 6) is 1.20. The average Bonchev–Trinajstić information content (AvgIpc) is 3.30. The molecule has 0 atom stereocenters. The van der Waals surface area contributed by atoms with E-state index in [9.17, 15) is 4.79 Å². The van der Waals surface area contributed by atoms with Crippen LogP contribution in [0.4, 0.5) is 0 Å². The highest BCUT2D eigenvalue weighted by Gasteiger charge is 2.18. The van der Waals surface area contributed by atoms with Crippen molar-refractivity contribution < 1.29 is 4.42 Å². The first kappa shape index (κ1) is 18.1. The number of hydrogen-bond acceptors (Lipinski definition) is 5. The van der Waals surface area contributed by atoms with E-state index >= 15 is 0 Å². The van der Waals surface area contributed by atoms with Crippen molar-refractivity contribution in [2.45, 2.75) is 20.4 Å². The van der Waals surface area contributed by atoms with Gasteiger partial charge in [0.25, 0.3) is 5.56 Å². The smallest absolute Gasteiger partial charge is 0.267 e. The molecule has 4 heterocycles. The van der Waals surface area contributed by atoms with E-state index in [-0.39, 0.29) is 12.1 Å². The Hall–Kier alpha value is -4.00. The number of pyridine rings is 1. The molecule has 0 saturated heterocycles. The molecule has 4 aromatic heterocycles. The minimum absolute atomic E-state index is 0.168. The van der Waals surface area contributed by atoms with Crippen molar-refractivity contribution in [3.05, 3.63) is 94.6 Å². The third kappa shape index (κ3) is 3.10. The van der Waals surface area contributed by atoms with Gasteiger partial charge in [-0.15, -0.1) is 0 Å². The Morgan fingerprint density at radius 2 is 1.73 bits per heavy atom. The van der Waals surface area contributed by atoms with Crippen LogP contribution in [0, 0.1) is 13.8 Å². The minimum atomic E-state index is -0.218. The molecule has 0 radical (unpaired) electrons. The van der Waals surface area contributed by atoms with E-state index in [1.165, 1.54) is 10.7 Å². The molecule has 0 amide bonds. The predicted octanol–water partition coefficient (Wildman–Crippen LogP) is 3.88. The molecular weight excluding hydrogens is 378 g/mol. The number of hydrogen-bond donors (Lipinski definition) is 0. The van der Waals surface area contributed by atoms with Crippen molar-refractivity contribution in [1.82, 2.24) is 24.4 Å². The molecule has 0 aliphatic heterocycles. The van der Waals surface area contributed by atoms with Crippen LogP contribution in [0.1, 0.15) is 17.3 Å². The second-order valence-corrected chi connectivity index (χ2v) is 7.08. The van der Waals surface area contributed by atoms with Gasteiger partial charge in [-0.05, 0) is 32.0 Å². The summed E-state index contributed by atoms with van der Waals surface area (Å²) in [6.07, 6.45) is 1.90. The Morgan fingerprint density at radius 1 is 0.933 bits per heavy atom. The highest BCUT2D eigenvalue weighted by Crippen LogP contribution is 2.33. The summed E-state index contributed by atoms with van der Waals surface area (Å²) in [6, 6.07) is 19.1. The fourth-order valence-electron chi connectivity index (χ4n) is 3.48. The summed E-state index contributed by atoms with van der Waals surface area (Å²) < 4.78 is 8.85. The topological polar surface area (TPSA) is 78.2 Å². The maximum Gasteiger partial charge on any atom is 0.267 e. The molecule has 0 bridgehead atoms. The van der Waals surface area contributed by atoms with Crippen molar-refractivity contribution in [2.24, 2.45) is 0 Å². The maximum absolute atomic E-state index is 12.5. The molecule has 0 unspecified atom stereocenters. The van der Waals surface area contributed by atoms with Gasteiger partial charge in [0.05, 0.1) is 22.5 Å². The lowest BCUT2D eigenvalue weighted by atomic mass is 10.0. The molecule has 5 aromatic rings. The van der Waals surface area contributed by atoms with Crippen LogP contribution >= 0.6 is 0 Å². The summed E-state index contributed by atoms with van der Waals surface area (Å²) in [4.78, 5) is 16.8. The highest BCUT2D eigenvalue weighted by molar-refractivity contribution is 5.90. The van der Waals surface area contributed by atoms with Crippen LogP contribution in [0.3, 0.4) is 0 Å². The molecule has 1 aromatic carbocycles. The van der Waals surface area contributed by atoms with Gasteiger partial charge in [-0.3, -0.25) is 4.79 Å². The Balaban J connectivity index is 1.68. The average molecular weight is 397 g/mol. The molecule has 0 saturated carbocycles. The molecule has 148 valence electrons. The van der Waals surface area contributed by atoms with Crippen LogP contribution < -0.4 is 5.56 Å². The molecule has 30 heavy (non-hydrogen) atoms. The van der Waals surface area contributed by atoms with Crippen LogP contribution in [0.15, 0.2) is 76.1 Å². The third-order valence-corrected chi connectivity index (χ3v) is 5.07. The van der Waals surface area contributed by atoms with Gasteiger partial charge < -0.3 is 4.42 Å². The lowest BCUT2D eigenvalue weighted by Crippen LogP contribution is -2.23. The molecule has 0 spiro atoms. The summed E-state index contributed by atoms with van der Waals surface area (Å²) in [7, 11) is 0. The van der Waals surface area contributed by atoms with Gasteiger partial charge in [0, 0.05) is 17.8 Å². The monoisotopic (exact) mass is 397 g/mol. The quantitative estimate of drug-likeness (QED) is 0.460. The molecule has 0 aliphatic carbocycles. The molecule has 0 aliphatic rings. The number of benzene rings is 1. The van der Waals surface area contributed by atoms with E-state index in [4.69, 9.17) is 9.52 Å². The predicted molar refractivity (Wildman–Crippen MR) is 113 cm³/mol. The van der Waals surface area contributed by atoms with Crippen molar-refractivity contribution >= 4 is 5.52 Å². The van der Waals surface area contributed by atoms with E-state index in [1.807, 2.05) is 73.1 Å². The highest BCUT2D eigenvalue weighted by atomic mass is 16.4. The van der Waals surface area contributed by atoms with E-state index < -0.39 is 0 Å². The van der Waals surface area contributed by atoms with E-state index in [1.54, 1.807) is 6.07 Å². The van der Waals surface area contributed by atoms with Crippen molar-refractivity contribution in [2.75, 3.05) is 0 Å². The van der Waals surface area contributed by atoms with Gasteiger partial charge in [-0.2, -0.15) is 10.2 Å². The lowest BCUT2D eigenvalue weighted by Gasteiger charge is -2.07.